The lowest BCUT2D eigenvalue weighted by Gasteiger charge is -2.39. The molecule has 5 rings (SSSR count). The Morgan fingerprint density at radius 2 is 1.94 bits per heavy atom. The fourth-order valence-corrected chi connectivity index (χ4v) is 4.90. The van der Waals surface area contributed by atoms with Gasteiger partial charge >= 0.3 is 0 Å². The fourth-order valence-electron chi connectivity index (χ4n) is 4.73. The van der Waals surface area contributed by atoms with Crippen molar-refractivity contribution in [2.45, 2.75) is 11.8 Å². The van der Waals surface area contributed by atoms with Gasteiger partial charge in [0.25, 0.3) is 5.91 Å². The first-order chi connectivity index (χ1) is 15.9. The van der Waals surface area contributed by atoms with Gasteiger partial charge in [0.1, 0.15) is 5.41 Å². The predicted octanol–water partition coefficient (Wildman–Crippen LogP) is 2.29. The Bertz CT molecular complexity index is 1350. The molecule has 2 aliphatic heterocycles. The molecule has 1 spiro atoms. The Hall–Kier alpha value is -3.78. The summed E-state index contributed by atoms with van der Waals surface area (Å²) < 4.78 is 0. The molecule has 1 fully saturated rings. The van der Waals surface area contributed by atoms with Crippen LogP contribution in [0.3, 0.4) is 0 Å². The number of likely N-dealkylation sites (N-methyl/N-ethyl adjacent to an activating group) is 1. The number of anilines is 1. The molecule has 1 saturated heterocycles. The van der Waals surface area contributed by atoms with Gasteiger partial charge in [-0.25, -0.2) is 4.90 Å². The van der Waals surface area contributed by atoms with Gasteiger partial charge in [-0.2, -0.15) is 0 Å². The summed E-state index contributed by atoms with van der Waals surface area (Å²) in [5.74, 6) is -1.63. The lowest BCUT2D eigenvalue weighted by Crippen LogP contribution is -2.55. The normalized spacial score (nSPS) is 20.0. The summed E-state index contributed by atoms with van der Waals surface area (Å²) in [4.78, 5) is 59.2. The van der Waals surface area contributed by atoms with E-state index in [1.807, 2.05) is 24.3 Å². The second-order valence-electron chi connectivity index (χ2n) is 8.20. The van der Waals surface area contributed by atoms with Crippen molar-refractivity contribution in [3.63, 3.8) is 0 Å². The second-order valence-corrected chi connectivity index (χ2v) is 8.63. The lowest BCUT2D eigenvalue weighted by atomic mass is 9.73. The highest BCUT2D eigenvalue weighted by atomic mass is 35.5. The largest absolute Gasteiger partial charge is 0.358 e. The van der Waals surface area contributed by atoms with Crippen LogP contribution >= 0.6 is 11.6 Å². The van der Waals surface area contributed by atoms with E-state index >= 15 is 0 Å². The Morgan fingerprint density at radius 1 is 1.15 bits per heavy atom. The Labute approximate surface area is 194 Å². The summed E-state index contributed by atoms with van der Waals surface area (Å²) in [7, 11) is 1.47. The molecular formula is C24H19ClN4O4. The van der Waals surface area contributed by atoms with Gasteiger partial charge in [0.05, 0.1) is 18.4 Å². The van der Waals surface area contributed by atoms with Crippen LogP contribution in [0.1, 0.15) is 22.3 Å². The maximum Gasteiger partial charge on any atom is 0.254 e. The topological polar surface area (TPSA) is 99.7 Å². The molecule has 9 heteroatoms. The fraction of sp³-hybridized carbons (Fsp3) is 0.208. The molecule has 0 radical (unpaired) electrons. The molecule has 33 heavy (non-hydrogen) atoms. The summed E-state index contributed by atoms with van der Waals surface area (Å²) in [6.07, 6.45) is 3.01. The number of nitrogens with zero attached hydrogens (tertiary/aromatic N) is 3. The van der Waals surface area contributed by atoms with Crippen LogP contribution in [0.4, 0.5) is 5.69 Å². The number of imide groups is 1. The Balaban J connectivity index is 1.67. The highest BCUT2D eigenvalue weighted by molar-refractivity contribution is 6.31. The molecule has 0 saturated carbocycles. The molecule has 0 aliphatic carbocycles. The number of hydrogen-bond acceptors (Lipinski definition) is 5. The van der Waals surface area contributed by atoms with Crippen LogP contribution in [0.5, 0.6) is 0 Å². The average Bonchev–Trinajstić information content (AvgIpc) is 3.06. The first kappa shape index (κ1) is 21.1. The molecule has 3 heterocycles. The van der Waals surface area contributed by atoms with Crippen molar-refractivity contribution in [1.29, 1.82) is 0 Å². The summed E-state index contributed by atoms with van der Waals surface area (Å²) >= 11 is 6.24. The minimum Gasteiger partial charge on any atom is -0.358 e. The van der Waals surface area contributed by atoms with Gasteiger partial charge in [-0.1, -0.05) is 35.9 Å². The number of hydrogen-bond donors (Lipinski definition) is 1. The van der Waals surface area contributed by atoms with Crippen molar-refractivity contribution in [1.82, 2.24) is 15.2 Å². The van der Waals surface area contributed by atoms with Gasteiger partial charge in [0.2, 0.25) is 17.7 Å². The van der Waals surface area contributed by atoms with Gasteiger partial charge in [0, 0.05) is 47.6 Å². The third-order valence-electron chi connectivity index (χ3n) is 6.29. The summed E-state index contributed by atoms with van der Waals surface area (Å²) in [6.45, 7) is -0.331. The molecule has 2 aliphatic rings. The minimum atomic E-state index is -1.35. The maximum atomic E-state index is 14.0. The summed E-state index contributed by atoms with van der Waals surface area (Å²) in [5, 5.41) is 4.35. The van der Waals surface area contributed by atoms with E-state index in [0.717, 1.165) is 10.3 Å². The van der Waals surface area contributed by atoms with E-state index in [9.17, 15) is 19.2 Å². The minimum absolute atomic E-state index is 0.105. The smallest absolute Gasteiger partial charge is 0.254 e. The number of nitrogens with one attached hydrogen (secondary N) is 1. The zero-order chi connectivity index (χ0) is 23.3. The molecule has 1 atom stereocenters. The van der Waals surface area contributed by atoms with Crippen LogP contribution < -0.4 is 10.2 Å². The maximum absolute atomic E-state index is 14.0. The van der Waals surface area contributed by atoms with E-state index in [0.29, 0.717) is 21.7 Å². The zero-order valence-corrected chi connectivity index (χ0v) is 18.4. The van der Waals surface area contributed by atoms with Crippen molar-refractivity contribution in [2.75, 3.05) is 25.0 Å². The van der Waals surface area contributed by atoms with E-state index < -0.39 is 17.2 Å². The standard InChI is InChI=1S/C24H19ClN4O4/c1-26-20(30)12-28-13-24(18-8-15(25)6-7-17(18)22(28)32)9-21(31)29(23(24)33)19-11-27-10-14-4-2-3-5-16(14)19/h2-8,10-11H,9,12-13H2,1H3,(H,26,30)/t24-/m1/s1. The molecule has 166 valence electrons. The van der Waals surface area contributed by atoms with Crippen molar-refractivity contribution >= 4 is 51.7 Å². The average molecular weight is 463 g/mol. The van der Waals surface area contributed by atoms with E-state index in [2.05, 4.69) is 10.3 Å². The van der Waals surface area contributed by atoms with Crippen molar-refractivity contribution in [3.8, 4) is 0 Å². The lowest BCUT2D eigenvalue weighted by molar-refractivity contribution is -0.125. The second kappa shape index (κ2) is 7.67. The molecular weight excluding hydrogens is 444 g/mol. The van der Waals surface area contributed by atoms with Crippen LogP contribution in [0.2, 0.25) is 5.02 Å². The first-order valence-corrected chi connectivity index (χ1v) is 10.7. The highest BCUT2D eigenvalue weighted by Crippen LogP contribution is 2.45. The van der Waals surface area contributed by atoms with Crippen LogP contribution in [0.25, 0.3) is 10.8 Å². The molecule has 0 unspecified atom stereocenters. The number of fused-ring (bicyclic) bond motifs is 3. The monoisotopic (exact) mass is 462 g/mol. The Morgan fingerprint density at radius 3 is 2.73 bits per heavy atom. The number of carbonyl (C=O) groups excluding carboxylic acids is 4. The molecule has 4 amide bonds. The number of benzene rings is 2. The van der Waals surface area contributed by atoms with Gasteiger partial charge in [-0.05, 0) is 23.8 Å². The molecule has 8 nitrogen and oxygen atoms in total. The number of pyridine rings is 1. The van der Waals surface area contributed by atoms with Crippen molar-refractivity contribution in [2.24, 2.45) is 0 Å². The van der Waals surface area contributed by atoms with Gasteiger partial charge in [0.15, 0.2) is 0 Å². The van der Waals surface area contributed by atoms with E-state index in [1.165, 1.54) is 24.2 Å². The third kappa shape index (κ3) is 3.17. The highest BCUT2D eigenvalue weighted by Gasteiger charge is 2.58. The van der Waals surface area contributed by atoms with E-state index in [-0.39, 0.29) is 36.9 Å². The summed E-state index contributed by atoms with van der Waals surface area (Å²) in [5.41, 5.74) is -0.301. The van der Waals surface area contributed by atoms with Crippen LogP contribution in [0.15, 0.2) is 54.9 Å². The van der Waals surface area contributed by atoms with Gasteiger partial charge < -0.3 is 10.2 Å². The first-order valence-electron chi connectivity index (χ1n) is 10.4. The SMILES string of the molecule is CNC(=O)CN1C[C@]2(CC(=O)N(c3cncc4ccccc34)C2=O)c2cc(Cl)ccc2C1=O. The van der Waals surface area contributed by atoms with Crippen LogP contribution in [-0.2, 0) is 19.8 Å². The quantitative estimate of drug-likeness (QED) is 0.602. The molecule has 0 bridgehead atoms. The van der Waals surface area contributed by atoms with E-state index in [1.54, 1.807) is 18.3 Å². The third-order valence-corrected chi connectivity index (χ3v) is 6.53. The van der Waals surface area contributed by atoms with Crippen molar-refractivity contribution in [3.05, 3.63) is 71.0 Å². The van der Waals surface area contributed by atoms with Gasteiger partial charge in [-0.15, -0.1) is 0 Å². The predicted molar refractivity (Wildman–Crippen MR) is 122 cm³/mol. The van der Waals surface area contributed by atoms with Crippen LogP contribution in [-0.4, -0.2) is 53.6 Å². The molecule has 3 aromatic rings. The zero-order valence-electron chi connectivity index (χ0n) is 17.7. The molecule has 2 aromatic carbocycles. The number of rotatable bonds is 3. The van der Waals surface area contributed by atoms with Crippen molar-refractivity contribution < 1.29 is 19.2 Å². The molecule has 1 N–H and O–H groups in total. The number of aromatic nitrogens is 1. The number of amides is 4. The van der Waals surface area contributed by atoms with Gasteiger partial charge in [-0.3, -0.25) is 24.2 Å². The summed E-state index contributed by atoms with van der Waals surface area (Å²) in [6, 6.07) is 12.0. The molecule has 1 aromatic heterocycles. The number of halogens is 1. The Kier molecular flexibility index (Phi) is 4.90. The van der Waals surface area contributed by atoms with E-state index in [4.69, 9.17) is 11.6 Å². The van der Waals surface area contributed by atoms with Crippen LogP contribution in [0, 0.1) is 0 Å². The number of carbonyl (C=O) groups is 4.